The van der Waals surface area contributed by atoms with E-state index in [0.29, 0.717) is 23.9 Å². The van der Waals surface area contributed by atoms with E-state index in [0.717, 1.165) is 18.5 Å². The van der Waals surface area contributed by atoms with Crippen molar-refractivity contribution in [2.24, 2.45) is 0 Å². The second-order valence-electron chi connectivity index (χ2n) is 4.83. The molecule has 21 heavy (non-hydrogen) atoms. The Kier molecular flexibility index (Phi) is 3.70. The topological polar surface area (TPSA) is 105 Å². The third-order valence-corrected chi connectivity index (χ3v) is 4.05. The highest BCUT2D eigenvalue weighted by molar-refractivity contribution is 7.09. The molecule has 1 amide bonds. The molecule has 0 saturated heterocycles. The molecule has 0 aromatic carbocycles. The van der Waals surface area contributed by atoms with Crippen molar-refractivity contribution in [3.05, 3.63) is 33.6 Å². The minimum atomic E-state index is -1.05. The van der Waals surface area contributed by atoms with Gasteiger partial charge in [-0.3, -0.25) is 4.79 Å². The van der Waals surface area contributed by atoms with E-state index in [9.17, 15) is 9.59 Å². The van der Waals surface area contributed by atoms with Crippen LogP contribution in [0.15, 0.2) is 16.0 Å². The van der Waals surface area contributed by atoms with Gasteiger partial charge in [0.05, 0.1) is 10.7 Å². The average molecular weight is 307 g/mol. The van der Waals surface area contributed by atoms with Crippen molar-refractivity contribution in [1.82, 2.24) is 15.5 Å². The molecule has 2 N–H and O–H groups in total. The fourth-order valence-corrected chi connectivity index (χ4v) is 2.63. The Balaban J connectivity index is 1.49. The van der Waals surface area contributed by atoms with E-state index in [1.165, 1.54) is 16.7 Å². The van der Waals surface area contributed by atoms with Gasteiger partial charge in [0.2, 0.25) is 5.76 Å². The Labute approximate surface area is 124 Å². The number of carbonyl (C=O) groups is 2. The predicted octanol–water partition coefficient (Wildman–Crippen LogP) is 1.68. The quantitative estimate of drug-likeness (QED) is 0.841. The minimum Gasteiger partial charge on any atom is -0.476 e. The van der Waals surface area contributed by atoms with Crippen LogP contribution in [0.25, 0.3) is 0 Å². The third-order valence-electron chi connectivity index (χ3n) is 3.14. The lowest BCUT2D eigenvalue weighted by atomic mass is 10.2. The molecule has 0 aliphatic heterocycles. The molecule has 1 saturated carbocycles. The van der Waals surface area contributed by atoms with Gasteiger partial charge >= 0.3 is 5.97 Å². The Morgan fingerprint density at radius 1 is 1.48 bits per heavy atom. The molecule has 0 bridgehead atoms. The van der Waals surface area contributed by atoms with E-state index in [1.807, 2.05) is 0 Å². The lowest BCUT2D eigenvalue weighted by Gasteiger charge is -1.99. The van der Waals surface area contributed by atoms with Crippen LogP contribution >= 0.6 is 11.3 Å². The van der Waals surface area contributed by atoms with Crippen LogP contribution in [0.1, 0.15) is 50.5 Å². The van der Waals surface area contributed by atoms with Crippen molar-refractivity contribution in [3.63, 3.8) is 0 Å². The van der Waals surface area contributed by atoms with Crippen molar-refractivity contribution >= 4 is 23.2 Å². The Hall–Kier alpha value is -2.22. The zero-order chi connectivity index (χ0) is 14.8. The highest BCUT2D eigenvalue weighted by Gasteiger charge is 2.28. The van der Waals surface area contributed by atoms with Crippen LogP contribution in [0.5, 0.6) is 0 Å². The van der Waals surface area contributed by atoms with Gasteiger partial charge in [0.15, 0.2) is 5.69 Å². The highest BCUT2D eigenvalue weighted by Crippen LogP contribution is 2.39. The number of nitrogens with one attached hydrogen (secondary N) is 1. The number of aromatic carboxylic acids is 1. The largest absolute Gasteiger partial charge is 0.476 e. The van der Waals surface area contributed by atoms with E-state index >= 15 is 0 Å². The Morgan fingerprint density at radius 2 is 2.29 bits per heavy atom. The summed E-state index contributed by atoms with van der Waals surface area (Å²) in [7, 11) is 0. The normalized spacial score (nSPS) is 14.1. The van der Waals surface area contributed by atoms with Crippen LogP contribution in [0.3, 0.4) is 0 Å². The Morgan fingerprint density at radius 3 is 2.95 bits per heavy atom. The molecule has 0 atom stereocenters. The van der Waals surface area contributed by atoms with E-state index in [4.69, 9.17) is 9.63 Å². The first-order valence-electron chi connectivity index (χ1n) is 6.56. The number of hydrogen-bond acceptors (Lipinski definition) is 6. The second kappa shape index (κ2) is 5.65. The number of carbonyl (C=O) groups excluding carboxylic acids is 1. The first kappa shape index (κ1) is 13.7. The summed E-state index contributed by atoms with van der Waals surface area (Å²) in [5.41, 5.74) is 0.872. The van der Waals surface area contributed by atoms with Gasteiger partial charge in [-0.2, -0.15) is 0 Å². The molecular weight excluding hydrogens is 294 g/mol. The van der Waals surface area contributed by atoms with Crippen LogP contribution in [0, 0.1) is 0 Å². The van der Waals surface area contributed by atoms with Crippen molar-refractivity contribution in [2.45, 2.75) is 25.2 Å². The fraction of sp³-hybridized carbons (Fsp3) is 0.385. The van der Waals surface area contributed by atoms with Gasteiger partial charge in [-0.25, -0.2) is 9.78 Å². The number of amides is 1. The number of aromatic nitrogens is 2. The van der Waals surface area contributed by atoms with E-state index in [-0.39, 0.29) is 17.4 Å². The molecular formula is C13H13N3O4S. The van der Waals surface area contributed by atoms with Crippen LogP contribution in [0.2, 0.25) is 0 Å². The standard InChI is InChI=1S/C13H13N3O4S/c17-12(10-5-8(16-20-10)7-1-2-7)14-4-3-11-15-9(6-21-11)13(18)19/h5-7H,1-4H2,(H,14,17)(H,18,19). The summed E-state index contributed by atoms with van der Waals surface area (Å²) in [6, 6.07) is 1.68. The maximum Gasteiger partial charge on any atom is 0.355 e. The molecule has 110 valence electrons. The number of carboxylic acids is 1. The van der Waals surface area contributed by atoms with E-state index in [1.54, 1.807) is 6.07 Å². The number of carboxylic acid groups (broad SMARTS) is 1. The molecule has 7 nitrogen and oxygen atoms in total. The summed E-state index contributed by atoms with van der Waals surface area (Å²) in [4.78, 5) is 26.5. The average Bonchev–Trinajstić information content (AvgIpc) is 3.01. The molecule has 2 aromatic rings. The van der Waals surface area contributed by atoms with E-state index < -0.39 is 5.97 Å². The molecule has 2 aromatic heterocycles. The van der Waals surface area contributed by atoms with Crippen LogP contribution in [0.4, 0.5) is 0 Å². The molecule has 0 spiro atoms. The summed E-state index contributed by atoms with van der Waals surface area (Å²) in [5.74, 6) is -0.706. The number of hydrogen-bond donors (Lipinski definition) is 2. The van der Waals surface area contributed by atoms with Crippen molar-refractivity contribution in [2.75, 3.05) is 6.54 Å². The van der Waals surface area contributed by atoms with Crippen LogP contribution in [-0.2, 0) is 6.42 Å². The molecule has 1 aliphatic rings. The molecule has 0 unspecified atom stereocenters. The monoisotopic (exact) mass is 307 g/mol. The minimum absolute atomic E-state index is 0.0330. The maximum absolute atomic E-state index is 11.8. The number of thiazole rings is 1. The molecule has 3 rings (SSSR count). The summed E-state index contributed by atoms with van der Waals surface area (Å²) >= 11 is 1.26. The lowest BCUT2D eigenvalue weighted by Crippen LogP contribution is -2.25. The molecule has 0 radical (unpaired) electrons. The van der Waals surface area contributed by atoms with Gasteiger partial charge in [0.1, 0.15) is 0 Å². The molecule has 2 heterocycles. The zero-order valence-corrected chi connectivity index (χ0v) is 11.9. The van der Waals surface area contributed by atoms with Crippen LogP contribution in [-0.4, -0.2) is 33.7 Å². The smallest absolute Gasteiger partial charge is 0.355 e. The first-order valence-corrected chi connectivity index (χ1v) is 7.44. The highest BCUT2D eigenvalue weighted by atomic mass is 32.1. The second-order valence-corrected chi connectivity index (χ2v) is 5.77. The molecule has 1 aliphatic carbocycles. The summed E-state index contributed by atoms with van der Waals surface area (Å²) in [6.07, 6.45) is 2.68. The predicted molar refractivity (Wildman–Crippen MR) is 73.6 cm³/mol. The Bertz CT molecular complexity index is 675. The SMILES string of the molecule is O=C(O)c1csc(CCNC(=O)c2cc(C3CC3)no2)n1. The van der Waals surface area contributed by atoms with Gasteiger partial charge in [0, 0.05) is 30.3 Å². The molecule has 1 fully saturated rings. The van der Waals surface area contributed by atoms with Gasteiger partial charge in [-0.05, 0) is 12.8 Å². The summed E-state index contributed by atoms with van der Waals surface area (Å²) in [5, 5.41) is 17.5. The van der Waals surface area contributed by atoms with Crippen molar-refractivity contribution in [3.8, 4) is 0 Å². The van der Waals surface area contributed by atoms with Gasteiger partial charge < -0.3 is 14.9 Å². The van der Waals surface area contributed by atoms with Gasteiger partial charge in [-0.1, -0.05) is 5.16 Å². The first-order chi connectivity index (χ1) is 10.1. The van der Waals surface area contributed by atoms with Gasteiger partial charge in [-0.15, -0.1) is 11.3 Å². The number of rotatable bonds is 6. The van der Waals surface area contributed by atoms with Crippen molar-refractivity contribution in [1.29, 1.82) is 0 Å². The molecule has 8 heteroatoms. The number of nitrogens with zero attached hydrogens (tertiary/aromatic N) is 2. The maximum atomic E-state index is 11.8. The summed E-state index contributed by atoms with van der Waals surface area (Å²) in [6.45, 7) is 0.366. The van der Waals surface area contributed by atoms with E-state index in [2.05, 4.69) is 15.5 Å². The lowest BCUT2D eigenvalue weighted by molar-refractivity contribution is 0.0690. The van der Waals surface area contributed by atoms with Crippen molar-refractivity contribution < 1.29 is 19.2 Å². The summed E-state index contributed by atoms with van der Waals surface area (Å²) < 4.78 is 5.01. The third kappa shape index (κ3) is 3.27. The van der Waals surface area contributed by atoms with Gasteiger partial charge in [0.25, 0.3) is 5.91 Å². The fourth-order valence-electron chi connectivity index (χ4n) is 1.86. The van der Waals surface area contributed by atoms with Crippen LogP contribution < -0.4 is 5.32 Å². The zero-order valence-electron chi connectivity index (χ0n) is 11.0.